The van der Waals surface area contributed by atoms with Gasteiger partial charge in [0.2, 0.25) is 5.76 Å². The van der Waals surface area contributed by atoms with Crippen molar-refractivity contribution in [3.8, 4) is 0 Å². The van der Waals surface area contributed by atoms with Crippen molar-refractivity contribution in [2.75, 3.05) is 20.7 Å². The first kappa shape index (κ1) is 19.3. The number of hydrogen-bond donors (Lipinski definition) is 0. The van der Waals surface area contributed by atoms with Gasteiger partial charge in [-0.05, 0) is 30.3 Å². The summed E-state index contributed by atoms with van der Waals surface area (Å²) in [6, 6.07) is 14.9. The molecular weight excluding hydrogens is 386 g/mol. The van der Waals surface area contributed by atoms with Gasteiger partial charge in [0.1, 0.15) is 5.58 Å². The van der Waals surface area contributed by atoms with E-state index in [1.54, 1.807) is 31.9 Å². The summed E-state index contributed by atoms with van der Waals surface area (Å²) in [6.45, 7) is -0.327. The Bertz CT molecular complexity index is 966. The van der Waals surface area contributed by atoms with Crippen LogP contribution < -0.4 is 0 Å². The molecular formula is C20H18ClNO4S. The van der Waals surface area contributed by atoms with Crippen molar-refractivity contribution >= 4 is 46.2 Å². The number of ether oxygens (including phenoxy) is 1. The molecule has 0 atom stereocenters. The third kappa shape index (κ3) is 4.64. The van der Waals surface area contributed by atoms with Crippen molar-refractivity contribution in [2.24, 2.45) is 0 Å². The molecule has 0 radical (unpaired) electrons. The number of hydrogen-bond acceptors (Lipinski definition) is 5. The highest BCUT2D eigenvalue weighted by Crippen LogP contribution is 2.32. The zero-order valence-electron chi connectivity index (χ0n) is 14.9. The third-order valence-corrected chi connectivity index (χ3v) is 5.20. The molecule has 0 aliphatic heterocycles. The van der Waals surface area contributed by atoms with Crippen molar-refractivity contribution < 1.29 is 18.7 Å². The number of carbonyl (C=O) groups is 2. The lowest BCUT2D eigenvalue weighted by Gasteiger charge is -2.10. The van der Waals surface area contributed by atoms with Crippen LogP contribution in [0.25, 0.3) is 11.0 Å². The second-order valence-electron chi connectivity index (χ2n) is 6.01. The van der Waals surface area contributed by atoms with Crippen molar-refractivity contribution in [1.29, 1.82) is 0 Å². The second kappa shape index (κ2) is 8.50. The SMILES string of the molecule is CN(C)C(=O)COC(=O)c1oc2ccccc2c1CSc1ccc(Cl)cc1. The predicted molar refractivity (Wildman–Crippen MR) is 106 cm³/mol. The van der Waals surface area contributed by atoms with Crippen LogP contribution in [0.15, 0.2) is 57.8 Å². The molecule has 1 heterocycles. The number of furan rings is 1. The summed E-state index contributed by atoms with van der Waals surface area (Å²) >= 11 is 7.48. The Morgan fingerprint density at radius 2 is 1.81 bits per heavy atom. The van der Waals surface area contributed by atoms with Crippen LogP contribution in [0.3, 0.4) is 0 Å². The molecule has 0 aliphatic rings. The Kier molecular flexibility index (Phi) is 6.08. The minimum absolute atomic E-state index is 0.129. The largest absolute Gasteiger partial charge is 0.450 e. The molecule has 0 N–H and O–H groups in total. The molecule has 2 aromatic carbocycles. The van der Waals surface area contributed by atoms with Crippen molar-refractivity contribution in [3.05, 3.63) is 64.9 Å². The molecule has 0 spiro atoms. The van der Waals surface area contributed by atoms with Crippen molar-refractivity contribution in [1.82, 2.24) is 4.90 Å². The zero-order chi connectivity index (χ0) is 19.4. The normalized spacial score (nSPS) is 10.8. The van der Waals surface area contributed by atoms with Crippen LogP contribution in [0, 0.1) is 0 Å². The summed E-state index contributed by atoms with van der Waals surface area (Å²) in [7, 11) is 3.21. The van der Waals surface area contributed by atoms with Crippen molar-refractivity contribution in [3.63, 3.8) is 0 Å². The molecule has 0 saturated carbocycles. The topological polar surface area (TPSA) is 59.8 Å². The van der Waals surface area contributed by atoms with Gasteiger partial charge in [-0.2, -0.15) is 0 Å². The van der Waals surface area contributed by atoms with E-state index in [9.17, 15) is 9.59 Å². The summed E-state index contributed by atoms with van der Waals surface area (Å²) in [4.78, 5) is 26.6. The zero-order valence-corrected chi connectivity index (χ0v) is 16.5. The van der Waals surface area contributed by atoms with E-state index in [0.717, 1.165) is 15.8 Å². The third-order valence-electron chi connectivity index (χ3n) is 3.91. The number of esters is 1. The number of nitrogens with zero attached hydrogens (tertiary/aromatic N) is 1. The van der Waals surface area contributed by atoms with Gasteiger partial charge in [-0.3, -0.25) is 4.79 Å². The number of halogens is 1. The molecule has 1 aromatic heterocycles. The monoisotopic (exact) mass is 403 g/mol. The first-order valence-corrected chi connectivity index (χ1v) is 9.58. The van der Waals surface area contributed by atoms with Gasteiger partial charge in [-0.25, -0.2) is 4.79 Å². The maximum Gasteiger partial charge on any atom is 0.375 e. The number of carbonyl (C=O) groups excluding carboxylic acids is 2. The standard InChI is InChI=1S/C20H18ClNO4S/c1-22(2)18(23)11-25-20(24)19-16(15-5-3-4-6-17(15)26-19)12-27-14-9-7-13(21)8-10-14/h3-10H,11-12H2,1-2H3. The van der Waals surface area contributed by atoms with Gasteiger partial charge in [0, 0.05) is 40.7 Å². The van der Waals surface area contributed by atoms with E-state index in [1.165, 1.54) is 4.90 Å². The fraction of sp³-hybridized carbons (Fsp3) is 0.200. The summed E-state index contributed by atoms with van der Waals surface area (Å²) in [6.07, 6.45) is 0. The number of rotatable bonds is 6. The molecule has 0 unspecified atom stereocenters. The molecule has 140 valence electrons. The van der Waals surface area contributed by atoms with Gasteiger partial charge >= 0.3 is 5.97 Å². The smallest absolute Gasteiger partial charge is 0.375 e. The Hall–Kier alpha value is -2.44. The highest BCUT2D eigenvalue weighted by Gasteiger charge is 2.23. The maximum absolute atomic E-state index is 12.5. The molecule has 3 aromatic rings. The van der Waals surface area contributed by atoms with Crippen molar-refractivity contribution in [2.45, 2.75) is 10.6 Å². The Labute approximate surface area is 166 Å². The number of fused-ring (bicyclic) bond motifs is 1. The maximum atomic E-state index is 12.5. The first-order chi connectivity index (χ1) is 13.0. The molecule has 0 saturated heterocycles. The van der Waals surface area contributed by atoms with Crippen LogP contribution in [0.4, 0.5) is 0 Å². The van der Waals surface area contributed by atoms with Gasteiger partial charge < -0.3 is 14.1 Å². The van der Waals surface area contributed by atoms with Gasteiger partial charge in [0.25, 0.3) is 5.91 Å². The number of thioether (sulfide) groups is 1. The van der Waals surface area contributed by atoms with E-state index in [2.05, 4.69) is 0 Å². The van der Waals surface area contributed by atoms with E-state index in [1.807, 2.05) is 42.5 Å². The highest BCUT2D eigenvalue weighted by molar-refractivity contribution is 7.98. The molecule has 0 bridgehead atoms. The first-order valence-electron chi connectivity index (χ1n) is 8.21. The number of para-hydroxylation sites is 1. The van der Waals surface area contributed by atoms with E-state index in [-0.39, 0.29) is 18.3 Å². The molecule has 1 amide bonds. The summed E-state index contributed by atoms with van der Waals surface area (Å²) < 4.78 is 10.9. The molecule has 3 rings (SSSR count). The fourth-order valence-electron chi connectivity index (χ4n) is 2.42. The van der Waals surface area contributed by atoms with Crippen LogP contribution in [0.1, 0.15) is 16.1 Å². The molecule has 27 heavy (non-hydrogen) atoms. The summed E-state index contributed by atoms with van der Waals surface area (Å²) in [5.74, 6) is -0.293. The van der Waals surface area contributed by atoms with E-state index >= 15 is 0 Å². The van der Waals surface area contributed by atoms with E-state index in [4.69, 9.17) is 20.8 Å². The minimum Gasteiger partial charge on any atom is -0.450 e. The van der Waals surface area contributed by atoms with Gasteiger partial charge in [0.05, 0.1) is 0 Å². The molecule has 0 aliphatic carbocycles. The number of benzene rings is 2. The lowest BCUT2D eigenvalue weighted by molar-refractivity contribution is -0.132. The Balaban J connectivity index is 1.83. The van der Waals surface area contributed by atoms with Crippen LogP contribution in [0.2, 0.25) is 5.02 Å². The molecule has 5 nitrogen and oxygen atoms in total. The van der Waals surface area contributed by atoms with Crippen LogP contribution in [0.5, 0.6) is 0 Å². The fourth-order valence-corrected chi connectivity index (χ4v) is 3.47. The van der Waals surface area contributed by atoms with Gasteiger partial charge in [-0.1, -0.05) is 29.8 Å². The molecule has 0 fully saturated rings. The minimum atomic E-state index is -0.645. The van der Waals surface area contributed by atoms with Gasteiger partial charge in [-0.15, -0.1) is 11.8 Å². The van der Waals surface area contributed by atoms with Crippen LogP contribution >= 0.6 is 23.4 Å². The van der Waals surface area contributed by atoms with E-state index in [0.29, 0.717) is 16.4 Å². The summed E-state index contributed by atoms with van der Waals surface area (Å²) in [5, 5.41) is 1.52. The quantitative estimate of drug-likeness (QED) is 0.444. The Morgan fingerprint density at radius 1 is 1.11 bits per heavy atom. The number of likely N-dealkylation sites (N-methyl/N-ethyl adjacent to an activating group) is 1. The van der Waals surface area contributed by atoms with Crippen LogP contribution in [-0.2, 0) is 15.3 Å². The Morgan fingerprint density at radius 3 is 2.52 bits per heavy atom. The lowest BCUT2D eigenvalue weighted by Crippen LogP contribution is -2.27. The van der Waals surface area contributed by atoms with Gasteiger partial charge in [0.15, 0.2) is 6.61 Å². The second-order valence-corrected chi connectivity index (χ2v) is 7.50. The van der Waals surface area contributed by atoms with E-state index < -0.39 is 5.97 Å². The number of amides is 1. The average Bonchev–Trinajstić information content (AvgIpc) is 3.04. The predicted octanol–water partition coefficient (Wildman–Crippen LogP) is 4.62. The highest BCUT2D eigenvalue weighted by atomic mass is 35.5. The van der Waals surface area contributed by atoms with Crippen LogP contribution in [-0.4, -0.2) is 37.5 Å². The lowest BCUT2D eigenvalue weighted by atomic mass is 10.1. The average molecular weight is 404 g/mol. The summed E-state index contributed by atoms with van der Waals surface area (Å²) in [5.41, 5.74) is 1.35. The molecule has 7 heteroatoms.